The van der Waals surface area contributed by atoms with Crippen molar-refractivity contribution >= 4 is 21.6 Å². The minimum Gasteiger partial charge on any atom is -0.495 e. The lowest BCUT2D eigenvalue weighted by atomic mass is 10.1. The summed E-state index contributed by atoms with van der Waals surface area (Å²) in [7, 11) is 1.66. The highest BCUT2D eigenvalue weighted by molar-refractivity contribution is 9.10. The molecule has 2 aromatic carbocycles. The standard InChI is InChI=1S/C15H16BrNO2/c1-19-15-7-6-13(16)8-14(15)17-9-11-2-4-12(10-18)5-3-11/h2-8,17-18H,9-10H2,1H3. The van der Waals surface area contributed by atoms with Gasteiger partial charge in [-0.05, 0) is 29.3 Å². The number of hydrogen-bond donors (Lipinski definition) is 2. The Labute approximate surface area is 121 Å². The number of hydrogen-bond acceptors (Lipinski definition) is 3. The van der Waals surface area contributed by atoms with Crippen LogP contribution in [0.3, 0.4) is 0 Å². The monoisotopic (exact) mass is 321 g/mol. The molecule has 0 bridgehead atoms. The molecule has 0 heterocycles. The maximum absolute atomic E-state index is 9.00. The van der Waals surface area contributed by atoms with Gasteiger partial charge in [0.25, 0.3) is 0 Å². The zero-order chi connectivity index (χ0) is 13.7. The van der Waals surface area contributed by atoms with Crippen molar-refractivity contribution in [1.29, 1.82) is 0 Å². The quantitative estimate of drug-likeness (QED) is 0.884. The lowest BCUT2D eigenvalue weighted by molar-refractivity contribution is 0.282. The summed E-state index contributed by atoms with van der Waals surface area (Å²) in [5.74, 6) is 0.815. The van der Waals surface area contributed by atoms with Crippen LogP contribution >= 0.6 is 15.9 Å². The minimum absolute atomic E-state index is 0.0766. The second-order valence-corrected chi connectivity index (χ2v) is 5.09. The highest BCUT2D eigenvalue weighted by Gasteiger charge is 2.03. The Kier molecular flexibility index (Phi) is 4.82. The summed E-state index contributed by atoms with van der Waals surface area (Å²) in [6.45, 7) is 0.783. The van der Waals surface area contributed by atoms with Crippen molar-refractivity contribution in [1.82, 2.24) is 0 Å². The fourth-order valence-corrected chi connectivity index (χ4v) is 2.14. The number of benzene rings is 2. The van der Waals surface area contributed by atoms with E-state index < -0.39 is 0 Å². The molecule has 0 aliphatic carbocycles. The number of methoxy groups -OCH3 is 1. The number of nitrogens with one attached hydrogen (secondary N) is 1. The van der Waals surface area contributed by atoms with Gasteiger partial charge in [-0.1, -0.05) is 40.2 Å². The first-order valence-electron chi connectivity index (χ1n) is 5.99. The molecule has 0 unspecified atom stereocenters. The van der Waals surface area contributed by atoms with E-state index in [9.17, 15) is 0 Å². The largest absolute Gasteiger partial charge is 0.495 e. The molecule has 0 aliphatic heterocycles. The fourth-order valence-electron chi connectivity index (χ4n) is 1.78. The molecule has 19 heavy (non-hydrogen) atoms. The van der Waals surface area contributed by atoms with E-state index in [0.29, 0.717) is 6.54 Å². The first-order chi connectivity index (χ1) is 9.22. The molecule has 0 aromatic heterocycles. The molecule has 0 saturated carbocycles. The van der Waals surface area contributed by atoms with E-state index in [0.717, 1.165) is 27.0 Å². The van der Waals surface area contributed by atoms with E-state index in [-0.39, 0.29) is 6.61 Å². The fraction of sp³-hybridized carbons (Fsp3) is 0.200. The zero-order valence-corrected chi connectivity index (χ0v) is 12.3. The third kappa shape index (κ3) is 3.72. The number of halogens is 1. The number of rotatable bonds is 5. The minimum atomic E-state index is 0.0766. The van der Waals surface area contributed by atoms with E-state index >= 15 is 0 Å². The van der Waals surface area contributed by atoms with Crippen LogP contribution in [0.4, 0.5) is 5.69 Å². The number of aliphatic hydroxyl groups is 1. The highest BCUT2D eigenvalue weighted by atomic mass is 79.9. The normalized spacial score (nSPS) is 10.3. The topological polar surface area (TPSA) is 41.5 Å². The van der Waals surface area contributed by atoms with E-state index in [1.165, 1.54) is 0 Å². The molecule has 0 atom stereocenters. The summed E-state index contributed by atoms with van der Waals surface area (Å²) in [6.07, 6.45) is 0. The maximum Gasteiger partial charge on any atom is 0.142 e. The van der Waals surface area contributed by atoms with Crippen molar-refractivity contribution in [3.8, 4) is 5.75 Å². The maximum atomic E-state index is 9.00. The number of aliphatic hydroxyl groups excluding tert-OH is 1. The van der Waals surface area contributed by atoms with E-state index in [1.807, 2.05) is 42.5 Å². The predicted molar refractivity (Wildman–Crippen MR) is 80.4 cm³/mol. The van der Waals surface area contributed by atoms with Gasteiger partial charge in [-0.3, -0.25) is 0 Å². The smallest absolute Gasteiger partial charge is 0.142 e. The van der Waals surface area contributed by atoms with Gasteiger partial charge in [-0.15, -0.1) is 0 Å². The van der Waals surface area contributed by atoms with E-state index in [1.54, 1.807) is 7.11 Å². The van der Waals surface area contributed by atoms with Gasteiger partial charge in [-0.25, -0.2) is 0 Å². The van der Waals surface area contributed by atoms with Crippen LogP contribution in [0.1, 0.15) is 11.1 Å². The van der Waals surface area contributed by atoms with Gasteiger partial charge in [0.05, 0.1) is 19.4 Å². The first kappa shape index (κ1) is 13.9. The average Bonchev–Trinajstić information content (AvgIpc) is 2.46. The number of ether oxygens (including phenoxy) is 1. The van der Waals surface area contributed by atoms with Gasteiger partial charge in [-0.2, -0.15) is 0 Å². The van der Waals surface area contributed by atoms with Crippen LogP contribution in [-0.2, 0) is 13.2 Å². The Bertz CT molecular complexity index is 540. The van der Waals surface area contributed by atoms with Gasteiger partial charge < -0.3 is 15.2 Å². The summed E-state index contributed by atoms with van der Waals surface area (Å²) >= 11 is 3.45. The SMILES string of the molecule is COc1ccc(Br)cc1NCc1ccc(CO)cc1. The van der Waals surface area contributed by atoms with E-state index in [2.05, 4.69) is 21.2 Å². The van der Waals surface area contributed by atoms with E-state index in [4.69, 9.17) is 9.84 Å². The molecule has 4 heteroatoms. The van der Waals surface area contributed by atoms with Gasteiger partial charge in [0.15, 0.2) is 0 Å². The highest BCUT2D eigenvalue weighted by Crippen LogP contribution is 2.28. The molecule has 2 N–H and O–H groups in total. The van der Waals surface area contributed by atoms with Crippen molar-refractivity contribution in [3.63, 3.8) is 0 Å². The molecule has 0 aliphatic rings. The molecular formula is C15H16BrNO2. The van der Waals surface area contributed by atoms with Crippen molar-refractivity contribution in [3.05, 3.63) is 58.1 Å². The van der Waals surface area contributed by atoms with Crippen molar-refractivity contribution in [2.45, 2.75) is 13.2 Å². The Balaban J connectivity index is 2.07. The Hall–Kier alpha value is -1.52. The molecule has 0 radical (unpaired) electrons. The van der Waals surface area contributed by atoms with Gasteiger partial charge in [0.2, 0.25) is 0 Å². The molecule has 0 fully saturated rings. The molecular weight excluding hydrogens is 306 g/mol. The summed E-state index contributed by atoms with van der Waals surface area (Å²) in [6, 6.07) is 13.7. The Morgan fingerprint density at radius 1 is 1.11 bits per heavy atom. The van der Waals surface area contributed by atoms with Crippen LogP contribution < -0.4 is 10.1 Å². The third-order valence-electron chi connectivity index (χ3n) is 2.85. The lowest BCUT2D eigenvalue weighted by Crippen LogP contribution is -2.01. The number of anilines is 1. The molecule has 3 nitrogen and oxygen atoms in total. The second kappa shape index (κ2) is 6.59. The van der Waals surface area contributed by atoms with Gasteiger partial charge >= 0.3 is 0 Å². The third-order valence-corrected chi connectivity index (χ3v) is 3.34. The van der Waals surface area contributed by atoms with Crippen LogP contribution in [0.5, 0.6) is 5.75 Å². The summed E-state index contributed by atoms with van der Waals surface area (Å²) in [5, 5.41) is 12.3. The predicted octanol–water partition coefficient (Wildman–Crippen LogP) is 3.56. The van der Waals surface area contributed by atoms with Crippen molar-refractivity contribution in [2.75, 3.05) is 12.4 Å². The molecule has 0 amide bonds. The van der Waals surface area contributed by atoms with Crippen molar-refractivity contribution < 1.29 is 9.84 Å². The second-order valence-electron chi connectivity index (χ2n) is 4.17. The van der Waals surface area contributed by atoms with Gasteiger partial charge in [0.1, 0.15) is 5.75 Å². The molecule has 100 valence electrons. The van der Waals surface area contributed by atoms with Crippen LogP contribution in [0, 0.1) is 0 Å². The van der Waals surface area contributed by atoms with Crippen LogP contribution in [-0.4, -0.2) is 12.2 Å². The molecule has 2 aromatic rings. The van der Waals surface area contributed by atoms with Crippen LogP contribution in [0.15, 0.2) is 46.9 Å². The Morgan fingerprint density at radius 3 is 2.42 bits per heavy atom. The van der Waals surface area contributed by atoms with Crippen LogP contribution in [0.25, 0.3) is 0 Å². The molecule has 0 saturated heterocycles. The lowest BCUT2D eigenvalue weighted by Gasteiger charge is -2.12. The van der Waals surface area contributed by atoms with Gasteiger partial charge in [0, 0.05) is 11.0 Å². The van der Waals surface area contributed by atoms with Crippen LogP contribution in [0.2, 0.25) is 0 Å². The summed E-state index contributed by atoms with van der Waals surface area (Å²) in [5.41, 5.74) is 3.02. The van der Waals surface area contributed by atoms with Crippen molar-refractivity contribution in [2.24, 2.45) is 0 Å². The average molecular weight is 322 g/mol. The Morgan fingerprint density at radius 2 is 1.79 bits per heavy atom. The molecule has 0 spiro atoms. The summed E-state index contributed by atoms with van der Waals surface area (Å²) in [4.78, 5) is 0. The zero-order valence-electron chi connectivity index (χ0n) is 10.7. The first-order valence-corrected chi connectivity index (χ1v) is 6.78. The summed E-state index contributed by atoms with van der Waals surface area (Å²) < 4.78 is 6.31. The molecule has 2 rings (SSSR count).